The van der Waals surface area contributed by atoms with Crippen LogP contribution >= 0.6 is 0 Å². The number of hydrogen-bond acceptors (Lipinski definition) is 1. The van der Waals surface area contributed by atoms with Crippen LogP contribution < -0.4 is 5.73 Å². The summed E-state index contributed by atoms with van der Waals surface area (Å²) in [5.74, 6) is -3.51. The molecular weight excluding hydrogens is 191 g/mol. The fourth-order valence-electron chi connectivity index (χ4n) is 1.17. The zero-order valence-electron chi connectivity index (χ0n) is 8.02. The second kappa shape index (κ2) is 3.61. The highest BCUT2D eigenvalue weighted by Gasteiger charge is 2.25. The zero-order chi connectivity index (χ0) is 10.9. The van der Waals surface area contributed by atoms with Gasteiger partial charge in [0.2, 0.25) is 0 Å². The van der Waals surface area contributed by atoms with E-state index in [0.29, 0.717) is 0 Å². The summed E-state index contributed by atoms with van der Waals surface area (Å²) >= 11 is 0. The summed E-state index contributed by atoms with van der Waals surface area (Å²) < 4.78 is 38.8. The fourth-order valence-corrected chi connectivity index (χ4v) is 1.17. The molecule has 0 saturated carbocycles. The van der Waals surface area contributed by atoms with Gasteiger partial charge in [0.15, 0.2) is 0 Å². The minimum Gasteiger partial charge on any atom is -0.324 e. The fraction of sp³-hybridized carbons (Fsp3) is 0.400. The summed E-state index contributed by atoms with van der Waals surface area (Å²) in [6.07, 6.45) is 0. The molecule has 4 heteroatoms. The van der Waals surface area contributed by atoms with Crippen LogP contribution in [0, 0.1) is 5.82 Å². The van der Waals surface area contributed by atoms with E-state index < -0.39 is 17.8 Å². The highest BCUT2D eigenvalue weighted by molar-refractivity contribution is 5.29. The third kappa shape index (κ3) is 2.26. The average molecular weight is 203 g/mol. The van der Waals surface area contributed by atoms with Crippen molar-refractivity contribution in [3.05, 3.63) is 35.1 Å². The van der Waals surface area contributed by atoms with Gasteiger partial charge in [-0.3, -0.25) is 0 Å². The lowest BCUT2D eigenvalue weighted by molar-refractivity contribution is 0.0173. The molecule has 1 rings (SSSR count). The van der Waals surface area contributed by atoms with Gasteiger partial charge in [0.1, 0.15) is 5.82 Å². The minimum absolute atomic E-state index is 0.115. The summed E-state index contributed by atoms with van der Waals surface area (Å²) in [5.41, 5.74) is 5.34. The molecule has 0 aliphatic heterocycles. The second-order valence-corrected chi connectivity index (χ2v) is 3.41. The van der Waals surface area contributed by atoms with Gasteiger partial charge in [0.05, 0.1) is 0 Å². The molecule has 1 aromatic rings. The lowest BCUT2D eigenvalue weighted by atomic mass is 10.0. The Labute approximate surface area is 80.7 Å². The first-order valence-corrected chi connectivity index (χ1v) is 4.25. The van der Waals surface area contributed by atoms with Gasteiger partial charge in [-0.25, -0.2) is 13.2 Å². The predicted octanol–water partition coefficient (Wildman–Crippen LogP) is 2.96. The normalized spacial score (nSPS) is 14.1. The third-order valence-corrected chi connectivity index (χ3v) is 1.99. The van der Waals surface area contributed by atoms with E-state index >= 15 is 0 Å². The van der Waals surface area contributed by atoms with Gasteiger partial charge in [-0.2, -0.15) is 0 Å². The average Bonchev–Trinajstić information content (AvgIpc) is 2.02. The Kier molecular flexibility index (Phi) is 2.85. The molecule has 0 aromatic heterocycles. The molecule has 1 nitrogen and oxygen atoms in total. The van der Waals surface area contributed by atoms with Gasteiger partial charge >= 0.3 is 0 Å². The topological polar surface area (TPSA) is 26.0 Å². The lowest BCUT2D eigenvalue weighted by Gasteiger charge is -2.14. The molecule has 0 spiro atoms. The molecule has 1 atom stereocenters. The molecule has 0 bridgehead atoms. The molecule has 0 radical (unpaired) electrons. The molecule has 1 aromatic carbocycles. The number of hydrogen-bond donors (Lipinski definition) is 1. The summed E-state index contributed by atoms with van der Waals surface area (Å²) in [7, 11) is 0. The van der Waals surface area contributed by atoms with Crippen LogP contribution in [0.4, 0.5) is 13.2 Å². The van der Waals surface area contributed by atoms with E-state index in [-0.39, 0.29) is 11.1 Å². The van der Waals surface area contributed by atoms with Gasteiger partial charge in [-0.15, -0.1) is 0 Å². The first-order chi connectivity index (χ1) is 6.32. The van der Waals surface area contributed by atoms with Crippen LogP contribution in [-0.4, -0.2) is 0 Å². The van der Waals surface area contributed by atoms with Crippen molar-refractivity contribution in [1.82, 2.24) is 0 Å². The molecule has 78 valence electrons. The predicted molar refractivity (Wildman–Crippen MR) is 48.6 cm³/mol. The highest BCUT2D eigenvalue weighted by atomic mass is 19.3. The van der Waals surface area contributed by atoms with Gasteiger partial charge in [0, 0.05) is 24.1 Å². The van der Waals surface area contributed by atoms with Gasteiger partial charge in [-0.05, 0) is 19.1 Å². The van der Waals surface area contributed by atoms with E-state index in [1.807, 2.05) is 0 Å². The van der Waals surface area contributed by atoms with Crippen molar-refractivity contribution in [2.75, 3.05) is 0 Å². The van der Waals surface area contributed by atoms with Crippen molar-refractivity contribution in [2.45, 2.75) is 25.8 Å². The van der Waals surface area contributed by atoms with Gasteiger partial charge in [-0.1, -0.05) is 6.07 Å². The van der Waals surface area contributed by atoms with Crippen LogP contribution in [0.5, 0.6) is 0 Å². The maximum atomic E-state index is 13.1. The molecule has 0 aliphatic carbocycles. The lowest BCUT2D eigenvalue weighted by Crippen LogP contribution is -2.12. The Bertz CT molecular complexity index is 329. The van der Waals surface area contributed by atoms with E-state index in [0.717, 1.165) is 25.1 Å². The Hall–Kier alpha value is -1.03. The summed E-state index contributed by atoms with van der Waals surface area (Å²) in [5, 5.41) is 0. The first kappa shape index (κ1) is 11.0. The van der Waals surface area contributed by atoms with Gasteiger partial charge < -0.3 is 5.73 Å². The van der Waals surface area contributed by atoms with Crippen molar-refractivity contribution < 1.29 is 13.2 Å². The van der Waals surface area contributed by atoms with Crippen LogP contribution in [0.15, 0.2) is 18.2 Å². The molecule has 0 heterocycles. The first-order valence-electron chi connectivity index (χ1n) is 4.25. The van der Waals surface area contributed by atoms with Crippen molar-refractivity contribution in [3.63, 3.8) is 0 Å². The molecular formula is C10H12F3N. The quantitative estimate of drug-likeness (QED) is 0.785. The Morgan fingerprint density at radius 2 is 1.93 bits per heavy atom. The standard InChI is InChI=1S/C10H12F3N/c1-6(14)8-5-7(10(2,12)13)3-4-9(8)11/h3-6H,14H2,1-2H3. The molecule has 0 saturated heterocycles. The number of rotatable bonds is 2. The maximum absolute atomic E-state index is 13.1. The smallest absolute Gasteiger partial charge is 0.270 e. The Balaban J connectivity index is 3.20. The summed E-state index contributed by atoms with van der Waals surface area (Å²) in [4.78, 5) is 0. The van der Waals surface area contributed by atoms with E-state index in [1.165, 1.54) is 0 Å². The zero-order valence-corrected chi connectivity index (χ0v) is 8.02. The molecule has 0 fully saturated rings. The van der Waals surface area contributed by atoms with Crippen molar-refractivity contribution in [1.29, 1.82) is 0 Å². The number of alkyl halides is 2. The summed E-state index contributed by atoms with van der Waals surface area (Å²) in [6.45, 7) is 2.32. The second-order valence-electron chi connectivity index (χ2n) is 3.41. The van der Waals surface area contributed by atoms with Crippen molar-refractivity contribution in [3.8, 4) is 0 Å². The number of benzene rings is 1. The maximum Gasteiger partial charge on any atom is 0.270 e. The van der Waals surface area contributed by atoms with Crippen LogP contribution in [0.1, 0.15) is 31.0 Å². The monoisotopic (exact) mass is 203 g/mol. The molecule has 0 amide bonds. The molecule has 2 N–H and O–H groups in total. The largest absolute Gasteiger partial charge is 0.324 e. The van der Waals surface area contributed by atoms with Crippen LogP contribution in [0.3, 0.4) is 0 Å². The number of nitrogens with two attached hydrogens (primary N) is 1. The van der Waals surface area contributed by atoms with Crippen LogP contribution in [-0.2, 0) is 5.92 Å². The van der Waals surface area contributed by atoms with Crippen LogP contribution in [0.25, 0.3) is 0 Å². The van der Waals surface area contributed by atoms with Crippen LogP contribution in [0.2, 0.25) is 0 Å². The Morgan fingerprint density at radius 3 is 2.36 bits per heavy atom. The third-order valence-electron chi connectivity index (χ3n) is 1.99. The van der Waals surface area contributed by atoms with E-state index in [9.17, 15) is 13.2 Å². The van der Waals surface area contributed by atoms with E-state index in [2.05, 4.69) is 0 Å². The molecule has 1 unspecified atom stereocenters. The minimum atomic E-state index is -2.96. The summed E-state index contributed by atoms with van der Waals surface area (Å²) in [6, 6.07) is 2.62. The molecule has 14 heavy (non-hydrogen) atoms. The highest BCUT2D eigenvalue weighted by Crippen LogP contribution is 2.29. The van der Waals surface area contributed by atoms with Gasteiger partial charge in [0.25, 0.3) is 5.92 Å². The van der Waals surface area contributed by atoms with E-state index in [4.69, 9.17) is 5.73 Å². The van der Waals surface area contributed by atoms with Crippen molar-refractivity contribution in [2.24, 2.45) is 5.73 Å². The number of halogens is 3. The Morgan fingerprint density at radius 1 is 1.36 bits per heavy atom. The SMILES string of the molecule is CC(N)c1cc(C(C)(F)F)ccc1F. The van der Waals surface area contributed by atoms with Crippen molar-refractivity contribution >= 4 is 0 Å². The van der Waals surface area contributed by atoms with E-state index in [1.54, 1.807) is 6.92 Å². The molecule has 0 aliphatic rings.